The van der Waals surface area contributed by atoms with Gasteiger partial charge in [-0.3, -0.25) is 0 Å². The molecule has 0 N–H and O–H groups in total. The zero-order valence-electron chi connectivity index (χ0n) is 10.5. The van der Waals surface area contributed by atoms with Crippen LogP contribution in [0.15, 0.2) is 53.2 Å². The lowest BCUT2D eigenvalue weighted by Crippen LogP contribution is -2.06. The molecule has 0 spiro atoms. The molecule has 0 aliphatic carbocycles. The molecule has 0 atom stereocenters. The van der Waals surface area contributed by atoms with Crippen LogP contribution in [-0.4, -0.2) is 17.1 Å². The van der Waals surface area contributed by atoms with Crippen LogP contribution in [0.1, 0.15) is 17.5 Å². The Morgan fingerprint density at radius 3 is 2.68 bits per heavy atom. The zero-order chi connectivity index (χ0) is 13.2. The fraction of sp³-hybridized carbons (Fsp3) is 0.133. The smallest absolute Gasteiger partial charge is 0.376 e. The third-order valence-electron chi connectivity index (χ3n) is 2.89. The van der Waals surface area contributed by atoms with Crippen molar-refractivity contribution < 1.29 is 13.9 Å². The van der Waals surface area contributed by atoms with Crippen LogP contribution in [0.2, 0.25) is 0 Å². The van der Waals surface area contributed by atoms with E-state index in [-0.39, 0.29) is 5.76 Å². The number of aromatic nitrogens is 1. The number of carbonyl (C=O) groups excluding carboxylic acids is 1. The van der Waals surface area contributed by atoms with Gasteiger partial charge in [-0.05, 0) is 31.2 Å². The van der Waals surface area contributed by atoms with Crippen molar-refractivity contribution >= 4 is 16.9 Å². The SMILES string of the molecule is CCOC(=O)c1oc2ccccc2c1-n1cccc1. The first-order valence-corrected chi connectivity index (χ1v) is 6.13. The van der Waals surface area contributed by atoms with E-state index in [0.717, 1.165) is 11.1 Å². The highest BCUT2D eigenvalue weighted by Gasteiger charge is 2.22. The molecule has 4 nitrogen and oxygen atoms in total. The summed E-state index contributed by atoms with van der Waals surface area (Å²) in [4.78, 5) is 12.0. The average molecular weight is 255 g/mol. The molecule has 4 heteroatoms. The van der Waals surface area contributed by atoms with Crippen molar-refractivity contribution in [3.05, 3.63) is 54.6 Å². The van der Waals surface area contributed by atoms with Crippen molar-refractivity contribution in [1.82, 2.24) is 4.57 Å². The topological polar surface area (TPSA) is 44.4 Å². The standard InChI is InChI=1S/C15H13NO3/c1-2-18-15(17)14-13(16-9-5-6-10-16)11-7-3-4-8-12(11)19-14/h3-10H,2H2,1H3. The van der Waals surface area contributed by atoms with E-state index in [1.165, 1.54) is 0 Å². The van der Waals surface area contributed by atoms with Crippen LogP contribution in [0.3, 0.4) is 0 Å². The summed E-state index contributed by atoms with van der Waals surface area (Å²) in [7, 11) is 0. The second-order valence-electron chi connectivity index (χ2n) is 4.09. The number of benzene rings is 1. The summed E-state index contributed by atoms with van der Waals surface area (Å²) in [6.07, 6.45) is 3.75. The highest BCUT2D eigenvalue weighted by atomic mass is 16.5. The normalized spacial score (nSPS) is 10.8. The van der Waals surface area contributed by atoms with Gasteiger partial charge >= 0.3 is 5.97 Å². The average Bonchev–Trinajstić information content (AvgIpc) is 3.05. The lowest BCUT2D eigenvalue weighted by molar-refractivity contribution is 0.0492. The molecule has 0 aliphatic heterocycles. The Labute approximate surface area is 110 Å². The van der Waals surface area contributed by atoms with Crippen molar-refractivity contribution in [2.45, 2.75) is 6.92 Å². The van der Waals surface area contributed by atoms with Gasteiger partial charge in [0.25, 0.3) is 0 Å². The van der Waals surface area contributed by atoms with E-state index in [9.17, 15) is 4.79 Å². The number of nitrogens with zero attached hydrogens (tertiary/aromatic N) is 1. The summed E-state index contributed by atoms with van der Waals surface area (Å²) in [6, 6.07) is 11.4. The van der Waals surface area contributed by atoms with E-state index in [4.69, 9.17) is 9.15 Å². The maximum atomic E-state index is 12.0. The molecule has 0 bridgehead atoms. The predicted molar refractivity (Wildman–Crippen MR) is 71.5 cm³/mol. The summed E-state index contributed by atoms with van der Waals surface area (Å²) in [5.41, 5.74) is 1.40. The number of hydrogen-bond donors (Lipinski definition) is 0. The van der Waals surface area contributed by atoms with Crippen molar-refractivity contribution in [3.63, 3.8) is 0 Å². The molecule has 0 unspecified atom stereocenters. The molecular weight excluding hydrogens is 242 g/mol. The Balaban J connectivity index is 2.26. The Bertz CT molecular complexity index is 710. The highest BCUT2D eigenvalue weighted by molar-refractivity contribution is 6.00. The third-order valence-corrected chi connectivity index (χ3v) is 2.89. The van der Waals surface area contributed by atoms with Gasteiger partial charge in [-0.2, -0.15) is 0 Å². The largest absolute Gasteiger partial charge is 0.460 e. The van der Waals surface area contributed by atoms with Crippen molar-refractivity contribution in [2.75, 3.05) is 6.61 Å². The molecule has 2 aromatic heterocycles. The van der Waals surface area contributed by atoms with Gasteiger partial charge in [0.1, 0.15) is 11.3 Å². The number of rotatable bonds is 3. The minimum absolute atomic E-state index is 0.235. The van der Waals surface area contributed by atoms with Gasteiger partial charge in [0.2, 0.25) is 5.76 Å². The molecule has 0 saturated carbocycles. The fourth-order valence-corrected chi connectivity index (χ4v) is 2.11. The van der Waals surface area contributed by atoms with Gasteiger partial charge in [0, 0.05) is 17.8 Å². The van der Waals surface area contributed by atoms with Crippen molar-refractivity contribution in [2.24, 2.45) is 0 Å². The highest BCUT2D eigenvalue weighted by Crippen LogP contribution is 2.29. The minimum atomic E-state index is -0.442. The number of furan rings is 1. The van der Waals surface area contributed by atoms with Crippen LogP contribution in [0, 0.1) is 0 Å². The quantitative estimate of drug-likeness (QED) is 0.674. The number of ether oxygens (including phenoxy) is 1. The van der Waals surface area contributed by atoms with Crippen molar-refractivity contribution in [3.8, 4) is 5.69 Å². The number of esters is 1. The van der Waals surface area contributed by atoms with Gasteiger partial charge in [0.15, 0.2) is 0 Å². The second-order valence-corrected chi connectivity index (χ2v) is 4.09. The Hall–Kier alpha value is -2.49. The minimum Gasteiger partial charge on any atom is -0.460 e. The molecule has 0 radical (unpaired) electrons. The second kappa shape index (κ2) is 4.65. The van der Waals surface area contributed by atoms with Crippen LogP contribution in [0.25, 0.3) is 16.7 Å². The summed E-state index contributed by atoms with van der Waals surface area (Å²) in [5, 5.41) is 0.891. The molecular formula is C15H13NO3. The van der Waals surface area contributed by atoms with Crippen LogP contribution >= 0.6 is 0 Å². The Morgan fingerprint density at radius 2 is 1.95 bits per heavy atom. The van der Waals surface area contributed by atoms with Gasteiger partial charge < -0.3 is 13.7 Å². The molecule has 0 aliphatic rings. The van der Waals surface area contributed by atoms with Crippen molar-refractivity contribution in [1.29, 1.82) is 0 Å². The van der Waals surface area contributed by atoms with Crippen LogP contribution in [0.5, 0.6) is 0 Å². The maximum absolute atomic E-state index is 12.0. The third kappa shape index (κ3) is 1.91. The predicted octanol–water partition coefficient (Wildman–Crippen LogP) is 3.40. The summed E-state index contributed by atoms with van der Waals surface area (Å²) < 4.78 is 12.6. The van der Waals surface area contributed by atoms with Crippen LogP contribution < -0.4 is 0 Å². The first-order valence-electron chi connectivity index (χ1n) is 6.13. The van der Waals surface area contributed by atoms with Crippen LogP contribution in [-0.2, 0) is 4.74 Å². The Kier molecular flexibility index (Phi) is 2.83. The molecule has 96 valence electrons. The molecule has 0 amide bonds. The molecule has 3 rings (SSSR count). The van der Waals surface area contributed by atoms with Gasteiger partial charge in [-0.25, -0.2) is 4.79 Å². The fourth-order valence-electron chi connectivity index (χ4n) is 2.11. The molecule has 1 aromatic carbocycles. The maximum Gasteiger partial charge on any atom is 0.376 e. The van der Waals surface area contributed by atoms with E-state index in [1.807, 2.05) is 53.4 Å². The van der Waals surface area contributed by atoms with Gasteiger partial charge in [-0.1, -0.05) is 12.1 Å². The monoisotopic (exact) mass is 255 g/mol. The lowest BCUT2D eigenvalue weighted by Gasteiger charge is -2.03. The summed E-state index contributed by atoms with van der Waals surface area (Å²) in [5.74, 6) is -0.207. The van der Waals surface area contributed by atoms with Crippen LogP contribution in [0.4, 0.5) is 0 Å². The van der Waals surface area contributed by atoms with Gasteiger partial charge in [-0.15, -0.1) is 0 Å². The number of fused-ring (bicyclic) bond motifs is 1. The molecule has 0 fully saturated rings. The lowest BCUT2D eigenvalue weighted by atomic mass is 10.2. The molecule has 0 saturated heterocycles. The first-order chi connectivity index (χ1) is 9.31. The molecule has 2 heterocycles. The number of para-hydroxylation sites is 1. The summed E-state index contributed by atoms with van der Waals surface area (Å²) >= 11 is 0. The number of carbonyl (C=O) groups is 1. The van der Waals surface area contributed by atoms with E-state index in [2.05, 4.69) is 0 Å². The summed E-state index contributed by atoms with van der Waals surface area (Å²) in [6.45, 7) is 2.09. The number of hydrogen-bond acceptors (Lipinski definition) is 3. The van der Waals surface area contributed by atoms with E-state index < -0.39 is 5.97 Å². The van der Waals surface area contributed by atoms with E-state index in [1.54, 1.807) is 6.92 Å². The molecule has 19 heavy (non-hydrogen) atoms. The zero-order valence-corrected chi connectivity index (χ0v) is 10.5. The molecule has 3 aromatic rings. The first kappa shape index (κ1) is 11.6. The van der Waals surface area contributed by atoms with Gasteiger partial charge in [0.05, 0.1) is 6.61 Å². The van der Waals surface area contributed by atoms with E-state index in [0.29, 0.717) is 12.2 Å². The Morgan fingerprint density at radius 1 is 1.21 bits per heavy atom. The van der Waals surface area contributed by atoms with E-state index >= 15 is 0 Å².